The number of sulfonamides is 1. The Balaban J connectivity index is 1.18. The van der Waals surface area contributed by atoms with Gasteiger partial charge in [-0.3, -0.25) is 10.9 Å². The molecule has 7 atom stereocenters. The molecule has 4 saturated heterocycles. The zero-order valence-electron chi connectivity index (χ0n) is 18.4. The van der Waals surface area contributed by atoms with E-state index in [-0.39, 0.29) is 17.3 Å². The molecule has 4 heterocycles. The molecular weight excluding hydrogens is 402 g/mol. The molecule has 0 spiro atoms. The highest BCUT2D eigenvalue weighted by Crippen LogP contribution is 2.32. The number of piperidine rings is 1. The third kappa shape index (κ3) is 4.05. The van der Waals surface area contributed by atoms with E-state index in [2.05, 4.69) is 42.9 Å². The number of hydrogen-bond acceptors (Lipinski definition) is 8. The molecule has 7 unspecified atom stereocenters. The first-order chi connectivity index (χ1) is 14.4. The number of nitrogens with zero attached hydrogens (tertiary/aromatic N) is 3. The summed E-state index contributed by atoms with van der Waals surface area (Å²) in [5.41, 5.74) is 6.97. The number of likely N-dealkylation sites (N-methyl/N-ethyl adjacent to an activating group) is 2. The molecule has 0 radical (unpaired) electrons. The molecule has 0 bridgehead atoms. The molecule has 1 aliphatic carbocycles. The van der Waals surface area contributed by atoms with Crippen molar-refractivity contribution in [2.75, 3.05) is 53.4 Å². The third-order valence-electron chi connectivity index (χ3n) is 8.36. The van der Waals surface area contributed by atoms with Crippen LogP contribution in [0.25, 0.3) is 0 Å². The van der Waals surface area contributed by atoms with Gasteiger partial charge in [-0.05, 0) is 38.6 Å². The monoisotopic (exact) mass is 441 g/mol. The number of rotatable bonds is 4. The van der Waals surface area contributed by atoms with Crippen LogP contribution in [0.15, 0.2) is 0 Å². The second-order valence-electron chi connectivity index (χ2n) is 10.2. The molecule has 172 valence electrons. The van der Waals surface area contributed by atoms with Crippen molar-refractivity contribution in [2.45, 2.75) is 61.5 Å². The first-order valence-corrected chi connectivity index (χ1v) is 13.4. The minimum absolute atomic E-state index is 0.0249. The molecule has 0 aromatic heterocycles. The van der Waals surface area contributed by atoms with Crippen LogP contribution in [-0.2, 0) is 10.0 Å². The van der Waals surface area contributed by atoms with Crippen LogP contribution in [0.3, 0.4) is 0 Å². The largest absolute Gasteiger partial charge is 0.312 e. The van der Waals surface area contributed by atoms with E-state index in [1.807, 2.05) is 7.05 Å². The standard InChI is InChI=1S/C20H39N7O2S/c1-25-8-9-27-19(13-25)16(12-23-27)17-7-6-15(11-21-17)30(28,29)24-18-5-3-4-14-10-22-26(2)20(14)18/h14-24H,3-13H2,1-2H3. The van der Waals surface area contributed by atoms with E-state index in [4.69, 9.17) is 0 Å². The van der Waals surface area contributed by atoms with Crippen LogP contribution in [0.2, 0.25) is 0 Å². The van der Waals surface area contributed by atoms with E-state index >= 15 is 0 Å². The summed E-state index contributed by atoms with van der Waals surface area (Å²) in [4.78, 5) is 2.41. The molecular formula is C20H39N7O2S. The highest BCUT2D eigenvalue weighted by molar-refractivity contribution is 7.90. The van der Waals surface area contributed by atoms with Crippen molar-refractivity contribution in [1.29, 1.82) is 0 Å². The zero-order chi connectivity index (χ0) is 20.9. The van der Waals surface area contributed by atoms with Crippen LogP contribution in [0.5, 0.6) is 0 Å². The second-order valence-corrected chi connectivity index (χ2v) is 12.2. The summed E-state index contributed by atoms with van der Waals surface area (Å²) in [6, 6.07) is 1.22. The lowest BCUT2D eigenvalue weighted by atomic mass is 9.82. The number of hydrazine groups is 2. The highest BCUT2D eigenvalue weighted by atomic mass is 32.2. The zero-order valence-corrected chi connectivity index (χ0v) is 19.2. The van der Waals surface area contributed by atoms with E-state index in [0.717, 1.165) is 58.4 Å². The average molecular weight is 442 g/mol. The Labute approximate surface area is 181 Å². The minimum Gasteiger partial charge on any atom is -0.312 e. The van der Waals surface area contributed by atoms with Crippen molar-refractivity contribution in [3.05, 3.63) is 0 Å². The first kappa shape index (κ1) is 21.5. The predicted molar refractivity (Wildman–Crippen MR) is 117 cm³/mol. The van der Waals surface area contributed by atoms with Gasteiger partial charge in [0.05, 0.1) is 5.25 Å². The fraction of sp³-hybridized carbons (Fsp3) is 1.00. The van der Waals surface area contributed by atoms with Crippen molar-refractivity contribution in [2.24, 2.45) is 11.8 Å². The SMILES string of the molecule is CN1CCN2NCC(C3CCC(S(=O)(=O)NC4CCCC5CNN(C)C54)CN3)C2C1. The lowest BCUT2D eigenvalue weighted by Gasteiger charge is -2.41. The maximum atomic E-state index is 13.2. The van der Waals surface area contributed by atoms with Gasteiger partial charge in [-0.1, -0.05) is 6.42 Å². The van der Waals surface area contributed by atoms with Crippen molar-refractivity contribution < 1.29 is 8.42 Å². The van der Waals surface area contributed by atoms with Gasteiger partial charge in [-0.25, -0.2) is 23.2 Å². The minimum atomic E-state index is -3.33. The molecule has 30 heavy (non-hydrogen) atoms. The van der Waals surface area contributed by atoms with Gasteiger partial charge in [0, 0.05) is 76.4 Å². The molecule has 5 aliphatic rings. The summed E-state index contributed by atoms with van der Waals surface area (Å²) in [5, 5.41) is 7.84. The lowest BCUT2D eigenvalue weighted by molar-refractivity contribution is 0.0668. The third-order valence-corrected chi connectivity index (χ3v) is 10.3. The maximum absolute atomic E-state index is 13.2. The second kappa shape index (κ2) is 8.55. The predicted octanol–water partition coefficient (Wildman–Crippen LogP) is -1.24. The normalized spacial score (nSPS) is 44.1. The Kier molecular flexibility index (Phi) is 6.13. The van der Waals surface area contributed by atoms with Gasteiger partial charge in [0.25, 0.3) is 0 Å². The van der Waals surface area contributed by atoms with E-state index in [1.165, 1.54) is 6.42 Å². The van der Waals surface area contributed by atoms with Gasteiger partial charge in [-0.2, -0.15) is 0 Å². The van der Waals surface area contributed by atoms with Gasteiger partial charge in [0.1, 0.15) is 0 Å². The fourth-order valence-electron chi connectivity index (χ4n) is 6.65. The Hall–Kier alpha value is -0.330. The number of nitrogens with one attached hydrogen (secondary N) is 4. The summed E-state index contributed by atoms with van der Waals surface area (Å²) in [6.45, 7) is 5.79. The summed E-state index contributed by atoms with van der Waals surface area (Å²) in [5.74, 6) is 1.10. The van der Waals surface area contributed by atoms with Crippen LogP contribution in [0, 0.1) is 11.8 Å². The number of piperazine rings is 1. The first-order valence-electron chi connectivity index (χ1n) is 11.8. The summed E-state index contributed by atoms with van der Waals surface area (Å²) in [7, 11) is 0.919. The van der Waals surface area contributed by atoms with E-state index in [0.29, 0.717) is 30.5 Å². The fourth-order valence-corrected chi connectivity index (χ4v) is 8.28. The molecule has 0 amide bonds. The van der Waals surface area contributed by atoms with E-state index in [1.54, 1.807) is 0 Å². The molecule has 0 aromatic rings. The van der Waals surface area contributed by atoms with Crippen molar-refractivity contribution in [3.8, 4) is 0 Å². The molecule has 5 rings (SSSR count). The molecule has 10 heteroatoms. The van der Waals surface area contributed by atoms with Gasteiger partial charge >= 0.3 is 0 Å². The molecule has 4 N–H and O–H groups in total. The van der Waals surface area contributed by atoms with E-state index < -0.39 is 10.0 Å². The van der Waals surface area contributed by atoms with Crippen molar-refractivity contribution >= 4 is 10.0 Å². The Morgan fingerprint density at radius 3 is 2.63 bits per heavy atom. The summed E-state index contributed by atoms with van der Waals surface area (Å²) < 4.78 is 29.6. The quantitative estimate of drug-likeness (QED) is 0.431. The van der Waals surface area contributed by atoms with Crippen molar-refractivity contribution in [1.82, 2.24) is 35.8 Å². The Morgan fingerprint density at radius 1 is 0.967 bits per heavy atom. The molecule has 1 saturated carbocycles. The van der Waals surface area contributed by atoms with Crippen LogP contribution in [-0.4, -0.2) is 106 Å². The number of fused-ring (bicyclic) bond motifs is 2. The molecule has 9 nitrogen and oxygen atoms in total. The van der Waals surface area contributed by atoms with Crippen LogP contribution < -0.4 is 20.9 Å². The van der Waals surface area contributed by atoms with E-state index in [9.17, 15) is 8.42 Å². The van der Waals surface area contributed by atoms with Crippen LogP contribution in [0.4, 0.5) is 0 Å². The molecule has 4 aliphatic heterocycles. The molecule has 5 fully saturated rings. The highest BCUT2D eigenvalue weighted by Gasteiger charge is 2.45. The van der Waals surface area contributed by atoms with Crippen LogP contribution in [0.1, 0.15) is 32.1 Å². The summed E-state index contributed by atoms with van der Waals surface area (Å²) in [6.07, 6.45) is 4.92. The van der Waals surface area contributed by atoms with Gasteiger partial charge in [0.2, 0.25) is 10.0 Å². The van der Waals surface area contributed by atoms with Gasteiger partial charge < -0.3 is 10.2 Å². The van der Waals surface area contributed by atoms with Crippen LogP contribution >= 0.6 is 0 Å². The van der Waals surface area contributed by atoms with Gasteiger partial charge in [-0.15, -0.1) is 0 Å². The maximum Gasteiger partial charge on any atom is 0.216 e. The Bertz CT molecular complexity index is 712. The number of hydrogen-bond donors (Lipinski definition) is 4. The van der Waals surface area contributed by atoms with Crippen molar-refractivity contribution in [3.63, 3.8) is 0 Å². The lowest BCUT2D eigenvalue weighted by Crippen LogP contribution is -2.59. The smallest absolute Gasteiger partial charge is 0.216 e. The van der Waals surface area contributed by atoms with Gasteiger partial charge in [0.15, 0.2) is 0 Å². The Morgan fingerprint density at radius 2 is 1.83 bits per heavy atom. The summed E-state index contributed by atoms with van der Waals surface area (Å²) >= 11 is 0. The average Bonchev–Trinajstić information content (AvgIpc) is 3.32. The molecule has 0 aromatic carbocycles. The topological polar surface area (TPSA) is 92.0 Å².